The van der Waals surface area contributed by atoms with E-state index in [1.165, 1.54) is 17.4 Å². The van der Waals surface area contributed by atoms with E-state index in [2.05, 4.69) is 54.4 Å². The van der Waals surface area contributed by atoms with Crippen molar-refractivity contribution in [3.8, 4) is 0 Å². The number of para-hydroxylation sites is 1. The van der Waals surface area contributed by atoms with Crippen LogP contribution in [0.1, 0.15) is 25.8 Å². The molecule has 1 aliphatic rings. The third-order valence-corrected chi connectivity index (χ3v) is 4.20. The van der Waals surface area contributed by atoms with E-state index < -0.39 is 0 Å². The van der Waals surface area contributed by atoms with Gasteiger partial charge in [0.15, 0.2) is 0 Å². The topological polar surface area (TPSA) is 28.2 Å². The predicted octanol–water partition coefficient (Wildman–Crippen LogP) is 3.19. The molecule has 2 unspecified atom stereocenters. The molecular weight excluding hydrogens is 246 g/mol. The lowest BCUT2D eigenvalue weighted by molar-refractivity contribution is 0.625. The van der Waals surface area contributed by atoms with Crippen LogP contribution in [0.4, 0.5) is 5.82 Å². The van der Waals surface area contributed by atoms with Crippen LogP contribution in [0.5, 0.6) is 0 Å². The second-order valence-electron chi connectivity index (χ2n) is 6.04. The third kappa shape index (κ3) is 2.38. The van der Waals surface area contributed by atoms with Crippen LogP contribution in [-0.4, -0.2) is 24.6 Å². The summed E-state index contributed by atoms with van der Waals surface area (Å²) < 4.78 is 0. The predicted molar refractivity (Wildman–Crippen MR) is 85.1 cm³/mol. The Morgan fingerprint density at radius 3 is 2.80 bits per heavy atom. The molecule has 2 aromatic rings. The maximum atomic E-state index is 4.95. The molecule has 3 heteroatoms. The van der Waals surface area contributed by atoms with E-state index in [0.29, 0.717) is 6.04 Å². The first-order chi connectivity index (χ1) is 9.69. The van der Waals surface area contributed by atoms with Crippen molar-refractivity contribution in [3.05, 3.63) is 35.9 Å². The molecule has 0 spiro atoms. The Morgan fingerprint density at radius 2 is 2.10 bits per heavy atom. The molecule has 3 nitrogen and oxygen atoms in total. The Balaban J connectivity index is 2.09. The number of hydrogen-bond acceptors (Lipinski definition) is 3. The minimum Gasteiger partial charge on any atom is -0.353 e. The number of anilines is 1. The lowest BCUT2D eigenvalue weighted by atomic mass is 10.1. The van der Waals surface area contributed by atoms with Gasteiger partial charge in [-0.15, -0.1) is 0 Å². The molecule has 1 aliphatic heterocycles. The summed E-state index contributed by atoms with van der Waals surface area (Å²) in [5.74, 6) is 1.91. The quantitative estimate of drug-likeness (QED) is 0.927. The zero-order chi connectivity index (χ0) is 14.1. The molecule has 0 saturated carbocycles. The molecule has 0 amide bonds. The van der Waals surface area contributed by atoms with E-state index in [-0.39, 0.29) is 0 Å². The van der Waals surface area contributed by atoms with Crippen molar-refractivity contribution >= 4 is 16.7 Å². The van der Waals surface area contributed by atoms with Gasteiger partial charge in [0.25, 0.3) is 0 Å². The molecule has 1 aromatic heterocycles. The van der Waals surface area contributed by atoms with E-state index >= 15 is 0 Å². The lowest BCUT2D eigenvalue weighted by Crippen LogP contribution is -2.29. The van der Waals surface area contributed by atoms with Crippen LogP contribution in [0.3, 0.4) is 0 Å². The van der Waals surface area contributed by atoms with Crippen molar-refractivity contribution in [1.29, 1.82) is 0 Å². The van der Waals surface area contributed by atoms with Gasteiger partial charge in [0, 0.05) is 30.1 Å². The Kier molecular flexibility index (Phi) is 3.62. The van der Waals surface area contributed by atoms with Gasteiger partial charge in [-0.25, -0.2) is 4.98 Å². The molecule has 1 saturated heterocycles. The highest BCUT2D eigenvalue weighted by molar-refractivity contribution is 5.82. The highest BCUT2D eigenvalue weighted by atomic mass is 15.2. The molecule has 20 heavy (non-hydrogen) atoms. The smallest absolute Gasteiger partial charge is 0.134 e. The Bertz CT molecular complexity index is 608. The Hall–Kier alpha value is -1.61. The number of hydrogen-bond donors (Lipinski definition) is 1. The second kappa shape index (κ2) is 5.41. The molecule has 0 bridgehead atoms. The average Bonchev–Trinajstić information content (AvgIpc) is 2.77. The summed E-state index contributed by atoms with van der Waals surface area (Å²) in [4.78, 5) is 7.42. The van der Waals surface area contributed by atoms with E-state index in [1.54, 1.807) is 0 Å². The molecule has 106 valence electrons. The second-order valence-corrected chi connectivity index (χ2v) is 6.04. The summed E-state index contributed by atoms with van der Waals surface area (Å²) in [6.45, 7) is 6.62. The molecule has 2 heterocycles. The van der Waals surface area contributed by atoms with Gasteiger partial charge in [0.05, 0.1) is 5.52 Å². The van der Waals surface area contributed by atoms with Crippen LogP contribution in [0, 0.1) is 5.92 Å². The van der Waals surface area contributed by atoms with Gasteiger partial charge in [0.1, 0.15) is 5.82 Å². The van der Waals surface area contributed by atoms with Gasteiger partial charge in [-0.3, -0.25) is 0 Å². The highest BCUT2D eigenvalue weighted by Gasteiger charge is 2.28. The van der Waals surface area contributed by atoms with Gasteiger partial charge in [-0.05, 0) is 38.4 Å². The van der Waals surface area contributed by atoms with Crippen LogP contribution >= 0.6 is 0 Å². The highest BCUT2D eigenvalue weighted by Crippen LogP contribution is 2.31. The molecule has 1 aromatic carbocycles. The largest absolute Gasteiger partial charge is 0.353 e. The normalized spacial score (nSPS) is 22.6. The summed E-state index contributed by atoms with van der Waals surface area (Å²) in [5, 5.41) is 4.50. The van der Waals surface area contributed by atoms with Gasteiger partial charge >= 0.3 is 0 Å². The van der Waals surface area contributed by atoms with Gasteiger partial charge in [-0.2, -0.15) is 0 Å². The van der Waals surface area contributed by atoms with E-state index in [4.69, 9.17) is 4.98 Å². The molecule has 0 radical (unpaired) electrons. The van der Waals surface area contributed by atoms with E-state index in [9.17, 15) is 0 Å². The summed E-state index contributed by atoms with van der Waals surface area (Å²) in [6.07, 6.45) is 1.26. The van der Waals surface area contributed by atoms with E-state index in [0.717, 1.165) is 30.3 Å². The summed E-state index contributed by atoms with van der Waals surface area (Å²) in [6, 6.07) is 11.2. The summed E-state index contributed by atoms with van der Waals surface area (Å²) in [5.41, 5.74) is 2.39. The monoisotopic (exact) mass is 269 g/mol. The standard InChI is InChI=1S/C17H23N3/c1-12-8-13(2)20(11-12)17-15(10-18-3)9-14-6-4-5-7-16(14)19-17/h4-7,9,12-13,18H,8,10-11H2,1-3H3. The maximum Gasteiger partial charge on any atom is 0.134 e. The SMILES string of the molecule is CNCc1cc2ccccc2nc1N1CC(C)CC1C. The fourth-order valence-corrected chi connectivity index (χ4v) is 3.31. The Labute approximate surface area is 121 Å². The van der Waals surface area contributed by atoms with Crippen LogP contribution in [0.15, 0.2) is 30.3 Å². The number of benzene rings is 1. The summed E-state index contributed by atoms with van der Waals surface area (Å²) >= 11 is 0. The minimum absolute atomic E-state index is 0.578. The molecule has 3 rings (SSSR count). The van der Waals surface area contributed by atoms with Crippen molar-refractivity contribution in [2.45, 2.75) is 32.9 Å². The van der Waals surface area contributed by atoms with Crippen molar-refractivity contribution in [2.24, 2.45) is 5.92 Å². The van der Waals surface area contributed by atoms with Crippen molar-refractivity contribution in [1.82, 2.24) is 10.3 Å². The number of pyridine rings is 1. The molecule has 2 atom stereocenters. The first-order valence-corrected chi connectivity index (χ1v) is 7.49. The van der Waals surface area contributed by atoms with Crippen LogP contribution in [-0.2, 0) is 6.54 Å². The zero-order valence-corrected chi connectivity index (χ0v) is 12.6. The number of aromatic nitrogens is 1. The van der Waals surface area contributed by atoms with Crippen molar-refractivity contribution in [2.75, 3.05) is 18.5 Å². The van der Waals surface area contributed by atoms with Gasteiger partial charge in [-0.1, -0.05) is 25.1 Å². The van der Waals surface area contributed by atoms with Crippen LogP contribution in [0.25, 0.3) is 10.9 Å². The van der Waals surface area contributed by atoms with Crippen molar-refractivity contribution < 1.29 is 0 Å². The fraction of sp³-hybridized carbons (Fsp3) is 0.471. The molecule has 0 aliphatic carbocycles. The number of nitrogens with one attached hydrogen (secondary N) is 1. The molecule has 1 fully saturated rings. The number of rotatable bonds is 3. The first-order valence-electron chi connectivity index (χ1n) is 7.49. The van der Waals surface area contributed by atoms with Gasteiger partial charge in [0.2, 0.25) is 0 Å². The maximum absolute atomic E-state index is 4.95. The van der Waals surface area contributed by atoms with E-state index in [1.807, 2.05) is 7.05 Å². The van der Waals surface area contributed by atoms with Crippen LogP contribution in [0.2, 0.25) is 0 Å². The van der Waals surface area contributed by atoms with Crippen molar-refractivity contribution in [3.63, 3.8) is 0 Å². The lowest BCUT2D eigenvalue weighted by Gasteiger charge is -2.25. The Morgan fingerprint density at radius 1 is 1.30 bits per heavy atom. The molecular formula is C17H23N3. The van der Waals surface area contributed by atoms with Crippen LogP contribution < -0.4 is 10.2 Å². The summed E-state index contributed by atoms with van der Waals surface area (Å²) in [7, 11) is 2.00. The third-order valence-electron chi connectivity index (χ3n) is 4.20. The minimum atomic E-state index is 0.578. The number of fused-ring (bicyclic) bond motifs is 1. The zero-order valence-electron chi connectivity index (χ0n) is 12.6. The fourth-order valence-electron chi connectivity index (χ4n) is 3.31. The average molecular weight is 269 g/mol. The molecule has 1 N–H and O–H groups in total. The van der Waals surface area contributed by atoms with Gasteiger partial charge < -0.3 is 10.2 Å². The number of nitrogens with zero attached hydrogens (tertiary/aromatic N) is 2. The first kappa shape index (κ1) is 13.4.